The van der Waals surface area contributed by atoms with Gasteiger partial charge in [0.05, 0.1) is 6.42 Å². The van der Waals surface area contributed by atoms with Gasteiger partial charge in [0.2, 0.25) is 11.0 Å². The SMILES string of the molecule is CCCc1nnc(NC(=O)Cc2c[nH]c3ccccc23)s1. The number of amides is 1. The van der Waals surface area contributed by atoms with Gasteiger partial charge in [-0.3, -0.25) is 4.79 Å². The van der Waals surface area contributed by atoms with E-state index in [9.17, 15) is 4.79 Å². The molecule has 2 heterocycles. The van der Waals surface area contributed by atoms with Crippen LogP contribution in [0.4, 0.5) is 5.13 Å². The maximum atomic E-state index is 12.1. The molecule has 6 heteroatoms. The van der Waals surface area contributed by atoms with Gasteiger partial charge < -0.3 is 10.3 Å². The molecule has 0 radical (unpaired) electrons. The molecule has 2 N–H and O–H groups in total. The molecule has 0 bridgehead atoms. The van der Waals surface area contributed by atoms with E-state index in [-0.39, 0.29) is 5.91 Å². The number of aromatic nitrogens is 3. The number of carbonyl (C=O) groups excluding carboxylic acids is 1. The first-order valence-corrected chi connectivity index (χ1v) is 7.75. The van der Waals surface area contributed by atoms with Gasteiger partial charge >= 0.3 is 0 Å². The van der Waals surface area contributed by atoms with E-state index >= 15 is 0 Å². The van der Waals surface area contributed by atoms with E-state index in [1.165, 1.54) is 11.3 Å². The van der Waals surface area contributed by atoms with Crippen LogP contribution in [0.3, 0.4) is 0 Å². The summed E-state index contributed by atoms with van der Waals surface area (Å²) < 4.78 is 0. The monoisotopic (exact) mass is 300 g/mol. The number of para-hydroxylation sites is 1. The number of fused-ring (bicyclic) bond motifs is 1. The Morgan fingerprint density at radius 2 is 2.19 bits per heavy atom. The van der Waals surface area contributed by atoms with Crippen molar-refractivity contribution in [1.82, 2.24) is 15.2 Å². The number of H-pyrrole nitrogens is 1. The summed E-state index contributed by atoms with van der Waals surface area (Å²) in [5.41, 5.74) is 2.03. The first-order chi connectivity index (χ1) is 10.3. The van der Waals surface area contributed by atoms with E-state index in [2.05, 4.69) is 27.4 Å². The summed E-state index contributed by atoms with van der Waals surface area (Å²) in [6, 6.07) is 7.95. The fraction of sp³-hybridized carbons (Fsp3) is 0.267. The third-order valence-electron chi connectivity index (χ3n) is 3.20. The molecule has 3 aromatic rings. The lowest BCUT2D eigenvalue weighted by Gasteiger charge is -2.00. The fourth-order valence-electron chi connectivity index (χ4n) is 2.23. The molecule has 0 saturated heterocycles. The van der Waals surface area contributed by atoms with Gasteiger partial charge in [0.15, 0.2) is 0 Å². The Labute approximate surface area is 126 Å². The van der Waals surface area contributed by atoms with Crippen molar-refractivity contribution in [3.05, 3.63) is 41.0 Å². The van der Waals surface area contributed by atoms with E-state index in [1.807, 2.05) is 30.5 Å². The minimum atomic E-state index is -0.0704. The predicted octanol–water partition coefficient (Wildman–Crippen LogP) is 3.15. The molecule has 108 valence electrons. The maximum absolute atomic E-state index is 12.1. The lowest BCUT2D eigenvalue weighted by molar-refractivity contribution is -0.115. The van der Waals surface area contributed by atoms with E-state index in [4.69, 9.17) is 0 Å². The lowest BCUT2D eigenvalue weighted by Crippen LogP contribution is -2.14. The van der Waals surface area contributed by atoms with Crippen molar-refractivity contribution in [1.29, 1.82) is 0 Å². The molecule has 0 aliphatic carbocycles. The number of hydrogen-bond acceptors (Lipinski definition) is 4. The van der Waals surface area contributed by atoms with Gasteiger partial charge in [0.25, 0.3) is 0 Å². The van der Waals surface area contributed by atoms with Crippen LogP contribution >= 0.6 is 11.3 Å². The highest BCUT2D eigenvalue weighted by Gasteiger charge is 2.11. The number of carbonyl (C=O) groups is 1. The number of aryl methyl sites for hydroxylation is 1. The Hall–Kier alpha value is -2.21. The van der Waals surface area contributed by atoms with Crippen molar-refractivity contribution in [2.75, 3.05) is 5.32 Å². The Balaban J connectivity index is 1.68. The topological polar surface area (TPSA) is 70.7 Å². The molecular weight excluding hydrogens is 284 g/mol. The van der Waals surface area contributed by atoms with Gasteiger partial charge in [-0.2, -0.15) is 0 Å². The Bertz CT molecular complexity index is 762. The molecule has 2 aromatic heterocycles. The highest BCUT2D eigenvalue weighted by atomic mass is 32.1. The molecule has 0 aliphatic rings. The number of benzene rings is 1. The van der Waals surface area contributed by atoms with Crippen LogP contribution in [0.5, 0.6) is 0 Å². The van der Waals surface area contributed by atoms with Crippen LogP contribution in [-0.2, 0) is 17.6 Å². The van der Waals surface area contributed by atoms with Crippen molar-refractivity contribution < 1.29 is 4.79 Å². The van der Waals surface area contributed by atoms with Crippen LogP contribution in [0.15, 0.2) is 30.5 Å². The van der Waals surface area contributed by atoms with Crippen molar-refractivity contribution in [3.63, 3.8) is 0 Å². The van der Waals surface area contributed by atoms with Gasteiger partial charge in [-0.25, -0.2) is 0 Å². The van der Waals surface area contributed by atoms with E-state index < -0.39 is 0 Å². The Morgan fingerprint density at radius 3 is 3.05 bits per heavy atom. The summed E-state index contributed by atoms with van der Waals surface area (Å²) in [5, 5.41) is 13.5. The molecule has 1 amide bonds. The summed E-state index contributed by atoms with van der Waals surface area (Å²) in [7, 11) is 0. The van der Waals surface area contributed by atoms with Gasteiger partial charge in [-0.05, 0) is 18.1 Å². The minimum absolute atomic E-state index is 0.0704. The number of aromatic amines is 1. The molecule has 0 unspecified atom stereocenters. The molecule has 21 heavy (non-hydrogen) atoms. The maximum Gasteiger partial charge on any atom is 0.230 e. The highest BCUT2D eigenvalue weighted by molar-refractivity contribution is 7.15. The second-order valence-corrected chi connectivity index (χ2v) is 5.90. The number of hydrogen-bond donors (Lipinski definition) is 2. The van der Waals surface area contributed by atoms with Crippen molar-refractivity contribution >= 4 is 33.3 Å². The fourth-order valence-corrected chi connectivity index (χ4v) is 3.09. The Kier molecular flexibility index (Phi) is 3.96. The van der Waals surface area contributed by atoms with Gasteiger partial charge in [-0.15, -0.1) is 10.2 Å². The summed E-state index contributed by atoms with van der Waals surface area (Å²) in [6.45, 7) is 2.09. The molecule has 0 atom stereocenters. The molecule has 0 spiro atoms. The van der Waals surface area contributed by atoms with E-state index in [0.29, 0.717) is 11.6 Å². The van der Waals surface area contributed by atoms with E-state index in [1.54, 1.807) is 0 Å². The number of nitrogens with one attached hydrogen (secondary N) is 2. The molecule has 3 rings (SSSR count). The standard InChI is InChI=1S/C15H16N4OS/c1-2-5-14-18-19-15(21-14)17-13(20)8-10-9-16-12-7-4-3-6-11(10)12/h3-4,6-7,9,16H,2,5,8H2,1H3,(H,17,19,20). The summed E-state index contributed by atoms with van der Waals surface area (Å²) in [5.74, 6) is -0.0704. The number of rotatable bonds is 5. The van der Waals surface area contributed by atoms with Crippen LogP contribution in [-0.4, -0.2) is 21.1 Å². The van der Waals surface area contributed by atoms with Crippen molar-refractivity contribution in [2.45, 2.75) is 26.2 Å². The Morgan fingerprint density at radius 1 is 1.33 bits per heavy atom. The molecule has 0 aliphatic heterocycles. The first-order valence-electron chi connectivity index (χ1n) is 6.93. The second-order valence-electron chi connectivity index (χ2n) is 4.84. The largest absolute Gasteiger partial charge is 0.361 e. The summed E-state index contributed by atoms with van der Waals surface area (Å²) in [4.78, 5) is 15.3. The molecular formula is C15H16N4OS. The highest BCUT2D eigenvalue weighted by Crippen LogP contribution is 2.20. The van der Waals surface area contributed by atoms with Crippen molar-refractivity contribution in [3.8, 4) is 0 Å². The molecule has 1 aromatic carbocycles. The quantitative estimate of drug-likeness (QED) is 0.760. The normalized spacial score (nSPS) is 10.9. The second kappa shape index (κ2) is 6.05. The average molecular weight is 300 g/mol. The first kappa shape index (κ1) is 13.8. The summed E-state index contributed by atoms with van der Waals surface area (Å²) >= 11 is 1.44. The number of anilines is 1. The third kappa shape index (κ3) is 3.11. The van der Waals surface area contributed by atoms with E-state index in [0.717, 1.165) is 34.3 Å². The molecule has 0 saturated carbocycles. The summed E-state index contributed by atoms with van der Waals surface area (Å²) in [6.07, 6.45) is 4.13. The average Bonchev–Trinajstić information content (AvgIpc) is 3.07. The minimum Gasteiger partial charge on any atom is -0.361 e. The van der Waals surface area contributed by atoms with Gasteiger partial charge in [-0.1, -0.05) is 36.5 Å². The smallest absolute Gasteiger partial charge is 0.230 e. The number of nitrogens with zero attached hydrogens (tertiary/aromatic N) is 2. The van der Waals surface area contributed by atoms with Crippen LogP contribution < -0.4 is 5.32 Å². The van der Waals surface area contributed by atoms with Crippen molar-refractivity contribution in [2.24, 2.45) is 0 Å². The van der Waals surface area contributed by atoms with Crippen LogP contribution in [0, 0.1) is 0 Å². The van der Waals surface area contributed by atoms with Crippen LogP contribution in [0.1, 0.15) is 23.9 Å². The van der Waals surface area contributed by atoms with Gasteiger partial charge in [0, 0.05) is 23.5 Å². The molecule has 0 fully saturated rings. The zero-order valence-corrected chi connectivity index (χ0v) is 12.5. The zero-order valence-electron chi connectivity index (χ0n) is 11.7. The van der Waals surface area contributed by atoms with Crippen LogP contribution in [0.25, 0.3) is 10.9 Å². The predicted molar refractivity (Wildman–Crippen MR) is 84.5 cm³/mol. The lowest BCUT2D eigenvalue weighted by atomic mass is 10.1. The molecule has 5 nitrogen and oxygen atoms in total. The van der Waals surface area contributed by atoms with Gasteiger partial charge in [0.1, 0.15) is 5.01 Å². The third-order valence-corrected chi connectivity index (χ3v) is 4.10. The zero-order chi connectivity index (χ0) is 14.7. The van der Waals surface area contributed by atoms with Crippen LogP contribution in [0.2, 0.25) is 0 Å².